The number of rotatable bonds is 8. The first-order chi connectivity index (χ1) is 9.83. The normalized spacial score (nSPS) is 10.7. The van der Waals surface area contributed by atoms with Gasteiger partial charge < -0.3 is 19.7 Å². The first kappa shape index (κ1) is 14.5. The average Bonchev–Trinajstić information content (AvgIpc) is 2.95. The zero-order valence-corrected chi connectivity index (χ0v) is 11.5. The van der Waals surface area contributed by atoms with Gasteiger partial charge in [-0.2, -0.15) is 4.98 Å². The van der Waals surface area contributed by atoms with Crippen LogP contribution >= 0.6 is 0 Å². The molecule has 6 nitrogen and oxygen atoms in total. The van der Waals surface area contributed by atoms with Crippen LogP contribution in [0.15, 0.2) is 28.8 Å². The van der Waals surface area contributed by atoms with Gasteiger partial charge in [-0.25, -0.2) is 0 Å². The molecule has 0 fully saturated rings. The Morgan fingerprint density at radius 1 is 1.30 bits per heavy atom. The zero-order chi connectivity index (χ0) is 14.2. The van der Waals surface area contributed by atoms with Crippen molar-refractivity contribution >= 4 is 5.69 Å². The van der Waals surface area contributed by atoms with Crippen molar-refractivity contribution in [3.63, 3.8) is 0 Å². The molecule has 108 valence electrons. The van der Waals surface area contributed by atoms with E-state index in [0.29, 0.717) is 31.5 Å². The average molecular weight is 277 g/mol. The number of aliphatic hydroxyl groups is 1. The van der Waals surface area contributed by atoms with E-state index in [1.165, 1.54) is 0 Å². The molecule has 1 aromatic carbocycles. The predicted molar refractivity (Wildman–Crippen MR) is 75.3 cm³/mol. The molecule has 0 aliphatic heterocycles. The van der Waals surface area contributed by atoms with Gasteiger partial charge in [0.25, 0.3) is 5.89 Å². The van der Waals surface area contributed by atoms with E-state index >= 15 is 0 Å². The summed E-state index contributed by atoms with van der Waals surface area (Å²) in [5.41, 5.74) is 1.79. The quantitative estimate of drug-likeness (QED) is 0.719. The topological polar surface area (TPSA) is 80.4 Å². The molecule has 20 heavy (non-hydrogen) atoms. The lowest BCUT2D eigenvalue weighted by molar-refractivity contribution is 0.114. The van der Waals surface area contributed by atoms with Crippen LogP contribution in [0.5, 0.6) is 0 Å². The molecule has 1 heterocycles. The van der Waals surface area contributed by atoms with E-state index in [-0.39, 0.29) is 6.61 Å². The van der Waals surface area contributed by atoms with Gasteiger partial charge in [0.05, 0.1) is 6.61 Å². The SMILES string of the molecule is CCCOCc1noc(-c2ccc(NCCO)cc2)n1. The summed E-state index contributed by atoms with van der Waals surface area (Å²) in [4.78, 5) is 4.28. The number of aliphatic hydroxyl groups excluding tert-OH is 1. The Bertz CT molecular complexity index is 511. The third kappa shape index (κ3) is 4.04. The Balaban J connectivity index is 1.97. The minimum atomic E-state index is 0.104. The van der Waals surface area contributed by atoms with Crippen LogP contribution in [0.4, 0.5) is 5.69 Å². The highest BCUT2D eigenvalue weighted by Gasteiger charge is 2.08. The first-order valence-corrected chi connectivity index (χ1v) is 6.69. The number of nitrogens with zero attached hydrogens (tertiary/aromatic N) is 2. The van der Waals surface area contributed by atoms with E-state index in [4.69, 9.17) is 14.4 Å². The largest absolute Gasteiger partial charge is 0.395 e. The molecule has 0 radical (unpaired) electrons. The van der Waals surface area contributed by atoms with Crippen molar-refractivity contribution in [2.24, 2.45) is 0 Å². The number of nitrogens with one attached hydrogen (secondary N) is 1. The first-order valence-electron chi connectivity index (χ1n) is 6.69. The van der Waals surface area contributed by atoms with Crippen LogP contribution in [-0.4, -0.2) is 35.0 Å². The minimum absolute atomic E-state index is 0.104. The number of benzene rings is 1. The third-order valence-corrected chi connectivity index (χ3v) is 2.62. The van der Waals surface area contributed by atoms with E-state index in [1.54, 1.807) is 0 Å². The Hall–Kier alpha value is -1.92. The summed E-state index contributed by atoms with van der Waals surface area (Å²) in [6.07, 6.45) is 0.965. The molecular weight excluding hydrogens is 258 g/mol. The lowest BCUT2D eigenvalue weighted by Crippen LogP contribution is -2.04. The van der Waals surface area contributed by atoms with Crippen LogP contribution in [0.25, 0.3) is 11.5 Å². The number of ether oxygens (including phenoxy) is 1. The summed E-state index contributed by atoms with van der Waals surface area (Å²) < 4.78 is 10.6. The zero-order valence-electron chi connectivity index (χ0n) is 11.5. The molecular formula is C14H19N3O3. The third-order valence-electron chi connectivity index (χ3n) is 2.62. The van der Waals surface area contributed by atoms with Crippen molar-refractivity contribution < 1.29 is 14.4 Å². The van der Waals surface area contributed by atoms with Gasteiger partial charge in [0.2, 0.25) is 0 Å². The molecule has 0 atom stereocenters. The van der Waals surface area contributed by atoms with Gasteiger partial charge in [0.15, 0.2) is 5.82 Å². The van der Waals surface area contributed by atoms with Gasteiger partial charge in [-0.1, -0.05) is 12.1 Å². The minimum Gasteiger partial charge on any atom is -0.395 e. The Morgan fingerprint density at radius 2 is 2.10 bits per heavy atom. The molecule has 6 heteroatoms. The maximum atomic E-state index is 8.74. The Morgan fingerprint density at radius 3 is 2.80 bits per heavy atom. The Labute approximate surface area is 117 Å². The molecule has 0 amide bonds. The number of aromatic nitrogens is 2. The smallest absolute Gasteiger partial charge is 0.258 e. The van der Waals surface area contributed by atoms with Crippen molar-refractivity contribution in [3.8, 4) is 11.5 Å². The lowest BCUT2D eigenvalue weighted by Gasteiger charge is -2.03. The van der Waals surface area contributed by atoms with Crippen molar-refractivity contribution in [2.75, 3.05) is 25.1 Å². The molecule has 0 saturated carbocycles. The number of hydrogen-bond acceptors (Lipinski definition) is 6. The molecule has 0 aliphatic carbocycles. The van der Waals surface area contributed by atoms with Crippen LogP contribution in [0.3, 0.4) is 0 Å². The fourth-order valence-corrected chi connectivity index (χ4v) is 1.67. The van der Waals surface area contributed by atoms with Gasteiger partial charge in [-0.05, 0) is 30.7 Å². The highest BCUT2D eigenvalue weighted by Crippen LogP contribution is 2.19. The van der Waals surface area contributed by atoms with Crippen LogP contribution < -0.4 is 5.32 Å². The van der Waals surface area contributed by atoms with E-state index < -0.39 is 0 Å². The number of anilines is 1. The van der Waals surface area contributed by atoms with Crippen LogP contribution in [-0.2, 0) is 11.3 Å². The Kier molecular flexibility index (Phi) is 5.52. The fraction of sp³-hybridized carbons (Fsp3) is 0.429. The second-order valence-electron chi connectivity index (χ2n) is 4.30. The summed E-state index contributed by atoms with van der Waals surface area (Å²) in [6, 6.07) is 7.60. The van der Waals surface area contributed by atoms with Crippen molar-refractivity contribution in [1.82, 2.24) is 10.1 Å². The second-order valence-corrected chi connectivity index (χ2v) is 4.30. The van der Waals surface area contributed by atoms with E-state index in [1.807, 2.05) is 31.2 Å². The van der Waals surface area contributed by atoms with Crippen molar-refractivity contribution in [2.45, 2.75) is 20.0 Å². The van der Waals surface area contributed by atoms with Gasteiger partial charge in [0.1, 0.15) is 6.61 Å². The molecule has 2 rings (SSSR count). The molecule has 0 bridgehead atoms. The van der Waals surface area contributed by atoms with Crippen molar-refractivity contribution in [3.05, 3.63) is 30.1 Å². The fourth-order valence-electron chi connectivity index (χ4n) is 1.67. The molecule has 0 saturated heterocycles. The highest BCUT2D eigenvalue weighted by atomic mass is 16.5. The maximum absolute atomic E-state index is 8.74. The highest BCUT2D eigenvalue weighted by molar-refractivity contribution is 5.58. The number of hydrogen-bond donors (Lipinski definition) is 2. The molecule has 2 aromatic rings. The standard InChI is InChI=1S/C14H19N3O3/c1-2-9-19-10-13-16-14(20-17-13)11-3-5-12(6-4-11)15-7-8-18/h3-6,15,18H,2,7-10H2,1H3. The molecule has 0 aliphatic rings. The molecule has 0 spiro atoms. The van der Waals surface area contributed by atoms with E-state index in [9.17, 15) is 0 Å². The van der Waals surface area contributed by atoms with Gasteiger partial charge in [-0.15, -0.1) is 0 Å². The summed E-state index contributed by atoms with van der Waals surface area (Å²) in [5.74, 6) is 1.03. The van der Waals surface area contributed by atoms with Crippen LogP contribution in [0.1, 0.15) is 19.2 Å². The lowest BCUT2D eigenvalue weighted by atomic mass is 10.2. The van der Waals surface area contributed by atoms with Gasteiger partial charge in [-0.3, -0.25) is 0 Å². The van der Waals surface area contributed by atoms with Crippen LogP contribution in [0.2, 0.25) is 0 Å². The summed E-state index contributed by atoms with van der Waals surface area (Å²) in [6.45, 7) is 3.74. The van der Waals surface area contributed by atoms with E-state index in [2.05, 4.69) is 15.5 Å². The molecule has 0 unspecified atom stereocenters. The maximum Gasteiger partial charge on any atom is 0.258 e. The van der Waals surface area contributed by atoms with Crippen LogP contribution in [0, 0.1) is 0 Å². The predicted octanol–water partition coefficient (Wildman–Crippen LogP) is 2.07. The summed E-state index contributed by atoms with van der Waals surface area (Å²) >= 11 is 0. The monoisotopic (exact) mass is 277 g/mol. The van der Waals surface area contributed by atoms with Gasteiger partial charge >= 0.3 is 0 Å². The van der Waals surface area contributed by atoms with Crippen molar-refractivity contribution in [1.29, 1.82) is 0 Å². The van der Waals surface area contributed by atoms with E-state index in [0.717, 1.165) is 17.7 Å². The summed E-state index contributed by atoms with van der Waals surface area (Å²) in [5, 5.41) is 15.7. The molecule has 2 N–H and O–H groups in total. The van der Waals surface area contributed by atoms with Gasteiger partial charge in [0, 0.05) is 24.4 Å². The second kappa shape index (κ2) is 7.62. The summed E-state index contributed by atoms with van der Waals surface area (Å²) in [7, 11) is 0. The molecule has 1 aromatic heterocycles.